The van der Waals surface area contributed by atoms with Gasteiger partial charge in [0.25, 0.3) is 0 Å². The molecule has 0 radical (unpaired) electrons. The summed E-state index contributed by atoms with van der Waals surface area (Å²) in [6, 6.07) is 3.86. The molecule has 0 fully saturated rings. The zero-order valence-corrected chi connectivity index (χ0v) is 10.2. The molecule has 1 atom stereocenters. The first-order valence-corrected chi connectivity index (χ1v) is 5.30. The maximum absolute atomic E-state index is 10.6. The molecule has 0 aromatic heterocycles. The smallest absolute Gasteiger partial charge is 0.164 e. The first-order valence-electron chi connectivity index (χ1n) is 5.30. The molecule has 0 aliphatic heterocycles. The van der Waals surface area contributed by atoms with Crippen LogP contribution in [0.1, 0.15) is 30.4 Å². The van der Waals surface area contributed by atoms with Gasteiger partial charge in [0, 0.05) is 12.0 Å². The average molecular weight is 222 g/mol. The summed E-state index contributed by atoms with van der Waals surface area (Å²) in [7, 11) is 3.23. The number of hydrogen-bond donors (Lipinski definition) is 0. The lowest BCUT2D eigenvalue weighted by Gasteiger charge is -2.18. The first kappa shape index (κ1) is 12.6. The summed E-state index contributed by atoms with van der Waals surface area (Å²) >= 11 is 0. The van der Waals surface area contributed by atoms with Crippen molar-refractivity contribution in [2.45, 2.75) is 26.2 Å². The van der Waals surface area contributed by atoms with Gasteiger partial charge in [-0.2, -0.15) is 0 Å². The van der Waals surface area contributed by atoms with E-state index in [-0.39, 0.29) is 5.92 Å². The number of hydrogen-bond acceptors (Lipinski definition) is 3. The van der Waals surface area contributed by atoms with Gasteiger partial charge in [0.05, 0.1) is 14.2 Å². The number of aryl methyl sites for hydroxylation is 1. The van der Waals surface area contributed by atoms with E-state index in [0.717, 1.165) is 23.2 Å². The van der Waals surface area contributed by atoms with E-state index >= 15 is 0 Å². The molecule has 3 heteroatoms. The summed E-state index contributed by atoms with van der Waals surface area (Å²) in [6.07, 6.45) is 1.42. The summed E-state index contributed by atoms with van der Waals surface area (Å²) in [4.78, 5) is 10.6. The van der Waals surface area contributed by atoms with Gasteiger partial charge in [0.1, 0.15) is 6.29 Å². The van der Waals surface area contributed by atoms with Crippen molar-refractivity contribution in [1.29, 1.82) is 0 Å². The number of methoxy groups -OCH3 is 2. The molecule has 3 nitrogen and oxygen atoms in total. The molecule has 0 spiro atoms. The van der Waals surface area contributed by atoms with Crippen LogP contribution in [-0.2, 0) is 4.79 Å². The molecule has 0 saturated carbocycles. The molecule has 1 rings (SSSR count). The van der Waals surface area contributed by atoms with Crippen LogP contribution in [0.15, 0.2) is 12.1 Å². The highest BCUT2D eigenvalue weighted by Crippen LogP contribution is 2.38. The van der Waals surface area contributed by atoms with Crippen LogP contribution in [0, 0.1) is 6.92 Å². The molecular formula is C13H18O3. The van der Waals surface area contributed by atoms with Crippen molar-refractivity contribution in [3.63, 3.8) is 0 Å². The Labute approximate surface area is 96.4 Å². The lowest BCUT2D eigenvalue weighted by atomic mass is 9.93. The summed E-state index contributed by atoms with van der Waals surface area (Å²) in [5.74, 6) is 1.58. The Morgan fingerprint density at radius 3 is 2.50 bits per heavy atom. The lowest BCUT2D eigenvalue weighted by Crippen LogP contribution is -2.03. The molecule has 0 aliphatic carbocycles. The molecule has 1 unspecified atom stereocenters. The molecule has 0 N–H and O–H groups in total. The minimum absolute atomic E-state index is 0.141. The van der Waals surface area contributed by atoms with E-state index in [2.05, 4.69) is 0 Å². The van der Waals surface area contributed by atoms with Crippen LogP contribution in [0.4, 0.5) is 0 Å². The molecule has 0 saturated heterocycles. The van der Waals surface area contributed by atoms with Crippen molar-refractivity contribution in [3.05, 3.63) is 23.3 Å². The van der Waals surface area contributed by atoms with Crippen molar-refractivity contribution in [3.8, 4) is 11.5 Å². The summed E-state index contributed by atoms with van der Waals surface area (Å²) in [5, 5.41) is 0. The fourth-order valence-electron chi connectivity index (χ4n) is 1.92. The van der Waals surface area contributed by atoms with Gasteiger partial charge in [0.2, 0.25) is 0 Å². The van der Waals surface area contributed by atoms with Crippen molar-refractivity contribution in [1.82, 2.24) is 0 Å². The molecule has 1 aromatic carbocycles. The predicted octanol–water partition coefficient (Wildman–Crippen LogP) is 2.70. The maximum atomic E-state index is 10.6. The van der Waals surface area contributed by atoms with E-state index in [1.807, 2.05) is 26.0 Å². The number of benzene rings is 1. The van der Waals surface area contributed by atoms with Crippen LogP contribution in [0.5, 0.6) is 11.5 Å². The molecule has 0 amide bonds. The zero-order valence-electron chi connectivity index (χ0n) is 10.2. The fourth-order valence-corrected chi connectivity index (χ4v) is 1.92. The monoisotopic (exact) mass is 222 g/mol. The van der Waals surface area contributed by atoms with E-state index in [4.69, 9.17) is 9.47 Å². The molecule has 88 valence electrons. The second kappa shape index (κ2) is 5.54. The number of ether oxygens (including phenoxy) is 2. The van der Waals surface area contributed by atoms with Crippen molar-refractivity contribution >= 4 is 6.29 Å². The SMILES string of the molecule is COc1ccc(C)c(C(C)CC=O)c1OC. The fraction of sp³-hybridized carbons (Fsp3) is 0.462. The van der Waals surface area contributed by atoms with Crippen LogP contribution in [-0.4, -0.2) is 20.5 Å². The van der Waals surface area contributed by atoms with Gasteiger partial charge >= 0.3 is 0 Å². The van der Waals surface area contributed by atoms with Crippen LogP contribution >= 0.6 is 0 Å². The Balaban J connectivity index is 3.27. The van der Waals surface area contributed by atoms with Crippen LogP contribution in [0.2, 0.25) is 0 Å². The largest absolute Gasteiger partial charge is 0.493 e. The minimum Gasteiger partial charge on any atom is -0.493 e. The Bertz CT molecular complexity index is 372. The standard InChI is InChI=1S/C13H18O3/c1-9-5-6-11(15-3)13(16-4)12(9)10(2)7-8-14/h5-6,8,10H,7H2,1-4H3. The third-order valence-electron chi connectivity index (χ3n) is 2.74. The van der Waals surface area contributed by atoms with Crippen molar-refractivity contribution in [2.24, 2.45) is 0 Å². The molecule has 1 aromatic rings. The molecule has 16 heavy (non-hydrogen) atoms. The van der Waals surface area contributed by atoms with E-state index < -0.39 is 0 Å². The highest BCUT2D eigenvalue weighted by Gasteiger charge is 2.17. The minimum atomic E-state index is 0.141. The van der Waals surface area contributed by atoms with E-state index in [0.29, 0.717) is 12.2 Å². The van der Waals surface area contributed by atoms with Gasteiger partial charge in [0.15, 0.2) is 11.5 Å². The number of carbonyl (C=O) groups excluding carboxylic acids is 1. The first-order chi connectivity index (χ1) is 7.65. The number of carbonyl (C=O) groups is 1. The van der Waals surface area contributed by atoms with Crippen LogP contribution < -0.4 is 9.47 Å². The molecule has 0 bridgehead atoms. The van der Waals surface area contributed by atoms with E-state index in [1.165, 1.54) is 0 Å². The third kappa shape index (κ3) is 2.35. The quantitative estimate of drug-likeness (QED) is 0.718. The van der Waals surface area contributed by atoms with Crippen molar-refractivity contribution in [2.75, 3.05) is 14.2 Å². The predicted molar refractivity (Wildman–Crippen MR) is 63.4 cm³/mol. The van der Waals surface area contributed by atoms with Gasteiger partial charge < -0.3 is 14.3 Å². The normalized spacial score (nSPS) is 12.0. The van der Waals surface area contributed by atoms with Gasteiger partial charge in [-0.1, -0.05) is 13.0 Å². The van der Waals surface area contributed by atoms with Crippen molar-refractivity contribution < 1.29 is 14.3 Å². The number of rotatable bonds is 5. The van der Waals surface area contributed by atoms with Crippen LogP contribution in [0.25, 0.3) is 0 Å². The van der Waals surface area contributed by atoms with Gasteiger partial charge in [-0.25, -0.2) is 0 Å². The van der Waals surface area contributed by atoms with Gasteiger partial charge in [-0.3, -0.25) is 0 Å². The molecule has 0 heterocycles. The van der Waals surface area contributed by atoms with Crippen LogP contribution in [0.3, 0.4) is 0 Å². The zero-order chi connectivity index (χ0) is 12.1. The number of aldehydes is 1. The molecule has 0 aliphatic rings. The summed E-state index contributed by atoms with van der Waals surface area (Å²) < 4.78 is 10.6. The summed E-state index contributed by atoms with van der Waals surface area (Å²) in [5.41, 5.74) is 2.17. The molecular weight excluding hydrogens is 204 g/mol. The maximum Gasteiger partial charge on any atom is 0.164 e. The average Bonchev–Trinajstić information content (AvgIpc) is 2.28. The third-order valence-corrected chi connectivity index (χ3v) is 2.74. The highest BCUT2D eigenvalue weighted by molar-refractivity contribution is 5.57. The van der Waals surface area contributed by atoms with E-state index in [1.54, 1.807) is 14.2 Å². The second-order valence-corrected chi connectivity index (χ2v) is 3.84. The Kier molecular flexibility index (Phi) is 4.35. The Morgan fingerprint density at radius 2 is 2.00 bits per heavy atom. The summed E-state index contributed by atoms with van der Waals surface area (Å²) in [6.45, 7) is 4.03. The van der Waals surface area contributed by atoms with Gasteiger partial charge in [-0.05, 0) is 24.5 Å². The highest BCUT2D eigenvalue weighted by atomic mass is 16.5. The van der Waals surface area contributed by atoms with Gasteiger partial charge in [-0.15, -0.1) is 0 Å². The second-order valence-electron chi connectivity index (χ2n) is 3.84. The van der Waals surface area contributed by atoms with E-state index in [9.17, 15) is 4.79 Å². The Morgan fingerprint density at radius 1 is 1.31 bits per heavy atom. The Hall–Kier alpha value is -1.51. The lowest BCUT2D eigenvalue weighted by molar-refractivity contribution is -0.108. The topological polar surface area (TPSA) is 35.5 Å².